The summed E-state index contributed by atoms with van der Waals surface area (Å²) in [6, 6.07) is 0. The zero-order valence-electron chi connectivity index (χ0n) is 12.2. The number of hydrogen-bond donors (Lipinski definition) is 2. The summed E-state index contributed by atoms with van der Waals surface area (Å²) in [5, 5.41) is 6.33. The van der Waals surface area contributed by atoms with E-state index in [1.165, 1.54) is 12.8 Å². The molecule has 1 unspecified atom stereocenters. The molecule has 0 aliphatic carbocycles. The second-order valence-electron chi connectivity index (χ2n) is 5.45. The molecule has 2 saturated heterocycles. The third kappa shape index (κ3) is 6.43. The van der Waals surface area contributed by atoms with Crippen LogP contribution in [0.15, 0.2) is 0 Å². The van der Waals surface area contributed by atoms with Gasteiger partial charge in [-0.2, -0.15) is 0 Å². The summed E-state index contributed by atoms with van der Waals surface area (Å²) >= 11 is 1.69. The van der Waals surface area contributed by atoms with Crippen molar-refractivity contribution in [1.29, 1.82) is 0 Å². The fraction of sp³-hybridized carbons (Fsp3) is 0.929. The maximum absolute atomic E-state index is 11.7. The highest BCUT2D eigenvalue weighted by molar-refractivity contribution is 7.99. The lowest BCUT2D eigenvalue weighted by molar-refractivity contribution is -0.118. The Balaban J connectivity index is 1.45. The number of rotatable bonds is 7. The Hall–Kier alpha value is -0.300. The number of ether oxygens (including phenoxy) is 1. The van der Waals surface area contributed by atoms with Crippen LogP contribution in [0.5, 0.6) is 0 Å². The third-order valence-corrected chi connectivity index (χ3v) is 4.84. The molecule has 0 spiro atoms. The van der Waals surface area contributed by atoms with Gasteiger partial charge in [-0.3, -0.25) is 9.69 Å². The number of nitrogens with zero attached hydrogens (tertiary/aromatic N) is 1. The van der Waals surface area contributed by atoms with Crippen molar-refractivity contribution in [3.05, 3.63) is 0 Å². The van der Waals surface area contributed by atoms with Crippen LogP contribution in [0.3, 0.4) is 0 Å². The zero-order chi connectivity index (χ0) is 14.0. The SMILES string of the molecule is O=C(CSCC1CCCCO1)NCCN1CCNCC1. The molecule has 1 atom stereocenters. The number of amides is 1. The van der Waals surface area contributed by atoms with Gasteiger partial charge in [0.1, 0.15) is 0 Å². The van der Waals surface area contributed by atoms with Crippen molar-refractivity contribution in [2.75, 3.05) is 57.4 Å². The monoisotopic (exact) mass is 301 g/mol. The summed E-state index contributed by atoms with van der Waals surface area (Å²) in [7, 11) is 0. The van der Waals surface area contributed by atoms with Gasteiger partial charge in [-0.25, -0.2) is 0 Å². The second-order valence-corrected chi connectivity index (χ2v) is 6.48. The Labute approximate surface area is 126 Å². The van der Waals surface area contributed by atoms with Gasteiger partial charge in [0.15, 0.2) is 0 Å². The molecule has 2 heterocycles. The molecule has 1 amide bonds. The van der Waals surface area contributed by atoms with Crippen molar-refractivity contribution in [2.24, 2.45) is 0 Å². The van der Waals surface area contributed by atoms with E-state index in [9.17, 15) is 4.79 Å². The highest BCUT2D eigenvalue weighted by Gasteiger charge is 2.14. The van der Waals surface area contributed by atoms with E-state index in [0.29, 0.717) is 11.9 Å². The molecule has 2 N–H and O–H groups in total. The number of hydrogen-bond acceptors (Lipinski definition) is 5. The molecule has 0 aromatic rings. The Morgan fingerprint density at radius 2 is 2.20 bits per heavy atom. The fourth-order valence-electron chi connectivity index (χ4n) is 2.56. The van der Waals surface area contributed by atoms with E-state index in [-0.39, 0.29) is 5.91 Å². The Kier molecular flexibility index (Phi) is 7.72. The molecule has 0 bridgehead atoms. The molecule has 0 saturated carbocycles. The Morgan fingerprint density at radius 1 is 1.35 bits per heavy atom. The van der Waals surface area contributed by atoms with Gasteiger partial charge in [0.2, 0.25) is 5.91 Å². The maximum Gasteiger partial charge on any atom is 0.230 e. The summed E-state index contributed by atoms with van der Waals surface area (Å²) < 4.78 is 5.66. The van der Waals surface area contributed by atoms with Crippen molar-refractivity contribution >= 4 is 17.7 Å². The summed E-state index contributed by atoms with van der Waals surface area (Å²) in [5.41, 5.74) is 0. The molecule has 6 heteroatoms. The summed E-state index contributed by atoms with van der Waals surface area (Å²) in [6.45, 7) is 6.91. The molecule has 0 aromatic carbocycles. The molecule has 2 rings (SSSR count). The molecule has 20 heavy (non-hydrogen) atoms. The predicted octanol–water partition coefficient (Wildman–Crippen LogP) is 0.310. The van der Waals surface area contributed by atoms with Crippen molar-refractivity contribution in [1.82, 2.24) is 15.5 Å². The topological polar surface area (TPSA) is 53.6 Å². The van der Waals surface area contributed by atoms with Crippen LogP contribution in [0, 0.1) is 0 Å². The van der Waals surface area contributed by atoms with Crippen LogP contribution >= 0.6 is 11.8 Å². The first-order valence-corrected chi connectivity index (χ1v) is 8.89. The maximum atomic E-state index is 11.7. The minimum atomic E-state index is 0.154. The first-order valence-electron chi connectivity index (χ1n) is 7.74. The molecular weight excluding hydrogens is 274 g/mol. The Morgan fingerprint density at radius 3 is 2.95 bits per heavy atom. The van der Waals surface area contributed by atoms with Gasteiger partial charge in [0.25, 0.3) is 0 Å². The van der Waals surface area contributed by atoms with Crippen molar-refractivity contribution in [3.63, 3.8) is 0 Å². The molecule has 2 fully saturated rings. The smallest absolute Gasteiger partial charge is 0.230 e. The second kappa shape index (κ2) is 9.60. The van der Waals surface area contributed by atoms with E-state index < -0.39 is 0 Å². The first kappa shape index (κ1) is 16.1. The van der Waals surface area contributed by atoms with Crippen LogP contribution in [0.4, 0.5) is 0 Å². The fourth-order valence-corrected chi connectivity index (χ4v) is 3.49. The zero-order valence-corrected chi connectivity index (χ0v) is 13.1. The summed E-state index contributed by atoms with van der Waals surface area (Å²) in [6.07, 6.45) is 3.97. The number of nitrogens with one attached hydrogen (secondary N) is 2. The van der Waals surface area contributed by atoms with Crippen molar-refractivity contribution < 1.29 is 9.53 Å². The molecule has 116 valence electrons. The largest absolute Gasteiger partial charge is 0.377 e. The van der Waals surface area contributed by atoms with Gasteiger partial charge in [-0.1, -0.05) is 0 Å². The lowest BCUT2D eigenvalue weighted by Gasteiger charge is -2.27. The van der Waals surface area contributed by atoms with Crippen molar-refractivity contribution in [2.45, 2.75) is 25.4 Å². The van der Waals surface area contributed by atoms with Crippen LogP contribution in [0.25, 0.3) is 0 Å². The highest BCUT2D eigenvalue weighted by atomic mass is 32.2. The number of carbonyl (C=O) groups is 1. The minimum absolute atomic E-state index is 0.154. The van der Waals surface area contributed by atoms with Gasteiger partial charge < -0.3 is 15.4 Å². The minimum Gasteiger partial charge on any atom is -0.377 e. The summed E-state index contributed by atoms with van der Waals surface area (Å²) in [4.78, 5) is 14.1. The average Bonchev–Trinajstić information content (AvgIpc) is 2.49. The van der Waals surface area contributed by atoms with Gasteiger partial charge >= 0.3 is 0 Å². The molecule has 2 aliphatic heterocycles. The normalized spacial score (nSPS) is 24.5. The number of thioether (sulfide) groups is 1. The molecule has 2 aliphatic rings. The van der Waals surface area contributed by atoms with E-state index in [0.717, 1.165) is 58.0 Å². The number of piperazine rings is 1. The Bertz CT molecular complexity index is 254. The van der Waals surface area contributed by atoms with Crippen molar-refractivity contribution in [3.8, 4) is 0 Å². The molecule has 0 aromatic heterocycles. The van der Waals surface area contributed by atoms with Crippen LogP contribution in [0.2, 0.25) is 0 Å². The van der Waals surface area contributed by atoms with Gasteiger partial charge in [-0.15, -0.1) is 11.8 Å². The van der Waals surface area contributed by atoms with E-state index in [4.69, 9.17) is 4.74 Å². The molecule has 5 nitrogen and oxygen atoms in total. The van der Waals surface area contributed by atoms with Gasteiger partial charge in [-0.05, 0) is 19.3 Å². The summed E-state index contributed by atoms with van der Waals surface area (Å²) in [5.74, 6) is 1.66. The third-order valence-electron chi connectivity index (χ3n) is 3.77. The van der Waals surface area contributed by atoms with Crippen LogP contribution < -0.4 is 10.6 Å². The number of carbonyl (C=O) groups excluding carboxylic acids is 1. The van der Waals surface area contributed by atoms with Crippen LogP contribution in [-0.4, -0.2) is 74.3 Å². The quantitative estimate of drug-likeness (QED) is 0.709. The van der Waals surface area contributed by atoms with Crippen LogP contribution in [-0.2, 0) is 9.53 Å². The molecule has 0 radical (unpaired) electrons. The molecular formula is C14H27N3O2S. The highest BCUT2D eigenvalue weighted by Crippen LogP contribution is 2.16. The van der Waals surface area contributed by atoms with E-state index in [2.05, 4.69) is 15.5 Å². The first-order chi connectivity index (χ1) is 9.84. The van der Waals surface area contributed by atoms with E-state index in [1.54, 1.807) is 11.8 Å². The predicted molar refractivity (Wildman–Crippen MR) is 83.2 cm³/mol. The standard InChI is InChI=1S/C14H27N3O2S/c18-14(12-20-11-13-3-1-2-10-19-13)16-6-9-17-7-4-15-5-8-17/h13,15H,1-12H2,(H,16,18). The van der Waals surface area contributed by atoms with E-state index in [1.807, 2.05) is 0 Å². The van der Waals surface area contributed by atoms with Crippen LogP contribution in [0.1, 0.15) is 19.3 Å². The lowest BCUT2D eigenvalue weighted by Crippen LogP contribution is -2.46. The average molecular weight is 301 g/mol. The van der Waals surface area contributed by atoms with E-state index >= 15 is 0 Å². The van der Waals surface area contributed by atoms with Gasteiger partial charge in [0, 0.05) is 51.6 Å². The lowest BCUT2D eigenvalue weighted by atomic mass is 10.1. The van der Waals surface area contributed by atoms with Gasteiger partial charge in [0.05, 0.1) is 11.9 Å².